The summed E-state index contributed by atoms with van der Waals surface area (Å²) in [6.45, 7) is 1.97. The van der Waals surface area contributed by atoms with Gasteiger partial charge in [0.05, 0.1) is 20.7 Å². The first-order valence-electron chi connectivity index (χ1n) is 11.6. The SMILES string of the molecule is C[C@H](C(=O)NC1CCCCC1)N(Cc1ccc(Cl)c(Cl)c1)C(=O)CSCc1ccc([N+](=O)[O-])cc1. The molecule has 0 spiro atoms. The van der Waals surface area contributed by atoms with E-state index in [1.807, 2.05) is 0 Å². The Labute approximate surface area is 219 Å². The molecule has 1 N–H and O–H groups in total. The summed E-state index contributed by atoms with van der Waals surface area (Å²) in [6, 6.07) is 10.9. The molecule has 0 saturated heterocycles. The van der Waals surface area contributed by atoms with Gasteiger partial charge < -0.3 is 10.2 Å². The number of amides is 2. The topological polar surface area (TPSA) is 92.6 Å². The molecule has 10 heteroatoms. The lowest BCUT2D eigenvalue weighted by molar-refractivity contribution is -0.384. The van der Waals surface area contributed by atoms with E-state index in [0.29, 0.717) is 15.8 Å². The molecule has 1 aliphatic carbocycles. The van der Waals surface area contributed by atoms with Gasteiger partial charge in [-0.2, -0.15) is 0 Å². The summed E-state index contributed by atoms with van der Waals surface area (Å²) >= 11 is 13.6. The number of nitro benzene ring substituents is 1. The van der Waals surface area contributed by atoms with Gasteiger partial charge in [-0.1, -0.05) is 60.7 Å². The first-order valence-corrected chi connectivity index (χ1v) is 13.5. The predicted molar refractivity (Wildman–Crippen MR) is 141 cm³/mol. The molecule has 1 saturated carbocycles. The fourth-order valence-electron chi connectivity index (χ4n) is 4.04. The van der Waals surface area contributed by atoms with E-state index in [-0.39, 0.29) is 35.8 Å². The zero-order valence-corrected chi connectivity index (χ0v) is 21.9. The average Bonchev–Trinajstić information content (AvgIpc) is 2.85. The molecule has 3 rings (SSSR count). The molecule has 1 fully saturated rings. The maximum atomic E-state index is 13.2. The van der Waals surface area contributed by atoms with Crippen molar-refractivity contribution in [2.24, 2.45) is 0 Å². The number of non-ortho nitro benzene ring substituents is 1. The van der Waals surface area contributed by atoms with Gasteiger partial charge in [0.1, 0.15) is 6.04 Å². The van der Waals surface area contributed by atoms with Crippen molar-refractivity contribution >= 4 is 52.5 Å². The summed E-state index contributed by atoms with van der Waals surface area (Å²) in [4.78, 5) is 38.2. The quantitative estimate of drug-likeness (QED) is 0.296. The maximum Gasteiger partial charge on any atom is 0.269 e. The molecule has 0 bridgehead atoms. The Balaban J connectivity index is 1.66. The minimum atomic E-state index is -0.654. The van der Waals surface area contributed by atoms with Crippen LogP contribution in [0, 0.1) is 10.1 Å². The number of nitro groups is 1. The fraction of sp³-hybridized carbons (Fsp3) is 0.440. The molecule has 0 aliphatic heterocycles. The van der Waals surface area contributed by atoms with Crippen molar-refractivity contribution < 1.29 is 14.5 Å². The number of nitrogens with one attached hydrogen (secondary N) is 1. The van der Waals surface area contributed by atoms with Crippen LogP contribution >= 0.6 is 35.0 Å². The van der Waals surface area contributed by atoms with Crippen LogP contribution in [0.25, 0.3) is 0 Å². The van der Waals surface area contributed by atoms with E-state index in [1.165, 1.54) is 30.3 Å². The normalized spacial score (nSPS) is 14.8. The highest BCUT2D eigenvalue weighted by atomic mass is 35.5. The monoisotopic (exact) mass is 537 g/mol. The van der Waals surface area contributed by atoms with Crippen LogP contribution in [0.1, 0.15) is 50.2 Å². The summed E-state index contributed by atoms with van der Waals surface area (Å²) in [5, 5.41) is 14.8. The molecule has 0 heterocycles. The summed E-state index contributed by atoms with van der Waals surface area (Å²) in [5.74, 6) is 0.353. The van der Waals surface area contributed by atoms with E-state index in [0.717, 1.165) is 36.8 Å². The van der Waals surface area contributed by atoms with Crippen molar-refractivity contribution in [3.05, 3.63) is 73.8 Å². The minimum absolute atomic E-state index is 0.0282. The van der Waals surface area contributed by atoms with Crippen molar-refractivity contribution in [2.45, 2.75) is 63.4 Å². The van der Waals surface area contributed by atoms with Gasteiger partial charge in [-0.05, 0) is 43.0 Å². The second-order valence-corrected chi connectivity index (χ2v) is 10.5. The number of carbonyl (C=O) groups is 2. The zero-order valence-electron chi connectivity index (χ0n) is 19.5. The van der Waals surface area contributed by atoms with Crippen LogP contribution in [0.3, 0.4) is 0 Å². The van der Waals surface area contributed by atoms with Crippen molar-refractivity contribution in [2.75, 3.05) is 5.75 Å². The number of halogens is 2. The van der Waals surface area contributed by atoms with E-state index in [4.69, 9.17) is 23.2 Å². The number of hydrogen-bond donors (Lipinski definition) is 1. The summed E-state index contributed by atoms with van der Waals surface area (Å²) in [6.07, 6.45) is 5.32. The third kappa shape index (κ3) is 8.12. The van der Waals surface area contributed by atoms with Crippen LogP contribution in [0.2, 0.25) is 10.0 Å². The first kappa shape index (κ1) is 27.3. The lowest BCUT2D eigenvalue weighted by Gasteiger charge is -2.31. The Morgan fingerprint density at radius 1 is 1.09 bits per heavy atom. The second-order valence-electron chi connectivity index (χ2n) is 8.71. The van der Waals surface area contributed by atoms with Crippen LogP contribution < -0.4 is 5.32 Å². The fourth-order valence-corrected chi connectivity index (χ4v) is 5.23. The minimum Gasteiger partial charge on any atom is -0.352 e. The second kappa shape index (κ2) is 13.1. The Kier molecular flexibility index (Phi) is 10.2. The third-order valence-electron chi connectivity index (χ3n) is 6.10. The van der Waals surface area contributed by atoms with Gasteiger partial charge in [0.2, 0.25) is 11.8 Å². The highest BCUT2D eigenvalue weighted by Crippen LogP contribution is 2.25. The van der Waals surface area contributed by atoms with Gasteiger partial charge in [0, 0.05) is 30.5 Å². The van der Waals surface area contributed by atoms with Crippen molar-refractivity contribution in [3.8, 4) is 0 Å². The summed E-state index contributed by atoms with van der Waals surface area (Å²) < 4.78 is 0. The Morgan fingerprint density at radius 2 is 1.74 bits per heavy atom. The Hall–Kier alpha value is -2.29. The zero-order chi connectivity index (χ0) is 25.4. The van der Waals surface area contributed by atoms with Gasteiger partial charge in [0.15, 0.2) is 0 Å². The van der Waals surface area contributed by atoms with E-state index < -0.39 is 11.0 Å². The molecule has 2 aromatic rings. The average molecular weight is 538 g/mol. The predicted octanol–water partition coefficient (Wildman–Crippen LogP) is 6.00. The van der Waals surface area contributed by atoms with Crippen LogP contribution in [-0.4, -0.2) is 39.5 Å². The molecule has 7 nitrogen and oxygen atoms in total. The third-order valence-corrected chi connectivity index (χ3v) is 7.82. The molecule has 2 aromatic carbocycles. The molecule has 0 radical (unpaired) electrons. The lowest BCUT2D eigenvalue weighted by Crippen LogP contribution is -2.50. The number of benzene rings is 2. The standard InChI is InChI=1S/C25H29Cl2N3O4S/c1-17(25(32)28-20-5-3-2-4-6-20)29(14-19-9-12-22(26)23(27)13-19)24(31)16-35-15-18-7-10-21(11-8-18)30(33)34/h7-13,17,20H,2-6,14-16H2,1H3,(H,28,32)/t17-/m1/s1. The van der Waals surface area contributed by atoms with Crippen LogP contribution in [0.15, 0.2) is 42.5 Å². The van der Waals surface area contributed by atoms with E-state index in [1.54, 1.807) is 42.2 Å². The number of rotatable bonds is 10. The summed E-state index contributed by atoms with van der Waals surface area (Å²) in [7, 11) is 0. The van der Waals surface area contributed by atoms with Crippen LogP contribution in [0.5, 0.6) is 0 Å². The van der Waals surface area contributed by atoms with Crippen LogP contribution in [0.4, 0.5) is 5.69 Å². The lowest BCUT2D eigenvalue weighted by atomic mass is 9.95. The van der Waals surface area contributed by atoms with Gasteiger partial charge in [-0.25, -0.2) is 0 Å². The van der Waals surface area contributed by atoms with E-state index in [2.05, 4.69) is 5.32 Å². The molecular weight excluding hydrogens is 509 g/mol. The van der Waals surface area contributed by atoms with Gasteiger partial charge >= 0.3 is 0 Å². The van der Waals surface area contributed by atoms with Crippen molar-refractivity contribution in [1.82, 2.24) is 10.2 Å². The van der Waals surface area contributed by atoms with Gasteiger partial charge in [-0.3, -0.25) is 19.7 Å². The molecule has 0 aromatic heterocycles. The van der Waals surface area contributed by atoms with E-state index >= 15 is 0 Å². The largest absolute Gasteiger partial charge is 0.352 e. The molecule has 1 atom stereocenters. The van der Waals surface area contributed by atoms with Crippen molar-refractivity contribution in [1.29, 1.82) is 0 Å². The molecular formula is C25H29Cl2N3O4S. The van der Waals surface area contributed by atoms with Gasteiger partial charge in [0.25, 0.3) is 5.69 Å². The highest BCUT2D eigenvalue weighted by Gasteiger charge is 2.28. The summed E-state index contributed by atoms with van der Waals surface area (Å²) in [5.41, 5.74) is 1.69. The Morgan fingerprint density at radius 3 is 2.37 bits per heavy atom. The molecule has 2 amide bonds. The Bertz CT molecular complexity index is 1050. The van der Waals surface area contributed by atoms with Gasteiger partial charge in [-0.15, -0.1) is 11.8 Å². The van der Waals surface area contributed by atoms with E-state index in [9.17, 15) is 19.7 Å². The molecule has 1 aliphatic rings. The van der Waals surface area contributed by atoms with Crippen LogP contribution in [-0.2, 0) is 21.9 Å². The smallest absolute Gasteiger partial charge is 0.269 e. The molecule has 0 unspecified atom stereocenters. The first-order chi connectivity index (χ1) is 16.7. The maximum absolute atomic E-state index is 13.2. The highest BCUT2D eigenvalue weighted by molar-refractivity contribution is 7.99. The van der Waals surface area contributed by atoms with Crippen molar-refractivity contribution in [3.63, 3.8) is 0 Å². The molecule has 188 valence electrons. The number of hydrogen-bond acceptors (Lipinski definition) is 5. The number of carbonyl (C=O) groups excluding carboxylic acids is 2. The number of thioether (sulfide) groups is 1. The molecule has 35 heavy (non-hydrogen) atoms. The number of nitrogens with zero attached hydrogens (tertiary/aromatic N) is 2.